The van der Waals surface area contributed by atoms with Crippen molar-refractivity contribution in [3.63, 3.8) is 0 Å². The first-order valence-electron chi connectivity index (χ1n) is 10.9. The van der Waals surface area contributed by atoms with Crippen LogP contribution in [0.25, 0.3) is 65.2 Å². The average Bonchev–Trinajstić information content (AvgIpc) is 2.89. The third-order valence-electron chi connectivity index (χ3n) is 6.68. The molecule has 0 saturated heterocycles. The Bertz CT molecular complexity index is 2210. The van der Waals surface area contributed by atoms with E-state index in [2.05, 4.69) is 31.9 Å². The Balaban J connectivity index is 1.78. The molecule has 0 amide bonds. The van der Waals surface area contributed by atoms with Crippen LogP contribution in [0.2, 0.25) is 0 Å². The number of hydrogen-bond donors (Lipinski definition) is 0. The lowest BCUT2D eigenvalue weighted by Crippen LogP contribution is -2.15. The maximum absolute atomic E-state index is 13.5. The third kappa shape index (κ3) is 2.65. The van der Waals surface area contributed by atoms with Gasteiger partial charge in [-0.2, -0.15) is 0 Å². The zero-order valence-corrected chi connectivity index (χ0v) is 21.2. The number of hydrogen-bond acceptors (Lipinski definition) is 6. The monoisotopic (exact) mass is 596 g/mol. The molecule has 1 aromatic heterocycles. The Morgan fingerprint density at radius 1 is 0.444 bits per heavy atom. The van der Waals surface area contributed by atoms with Gasteiger partial charge in [0.1, 0.15) is 22.1 Å². The molecule has 0 fully saturated rings. The van der Waals surface area contributed by atoms with E-state index in [0.717, 1.165) is 0 Å². The topological polar surface area (TPSA) is 94.1 Å². The molecule has 1 heterocycles. The lowest BCUT2D eigenvalue weighted by Gasteiger charge is -2.10. The normalized spacial score (nSPS) is 12.1. The van der Waals surface area contributed by atoms with E-state index in [1.165, 1.54) is 0 Å². The molecule has 6 nitrogen and oxygen atoms in total. The van der Waals surface area contributed by atoms with Crippen LogP contribution in [-0.2, 0) is 0 Å². The third-order valence-corrected chi connectivity index (χ3v) is 7.89. The first-order valence-corrected chi connectivity index (χ1v) is 12.5. The lowest BCUT2D eigenvalue weighted by atomic mass is 9.99. The molecule has 7 rings (SSSR count). The van der Waals surface area contributed by atoms with E-state index in [9.17, 15) is 19.2 Å². The second kappa shape index (κ2) is 7.32. The Kier molecular flexibility index (Phi) is 4.35. The fourth-order valence-electron chi connectivity index (χ4n) is 5.04. The molecule has 0 bridgehead atoms. The van der Waals surface area contributed by atoms with Crippen LogP contribution in [-0.4, -0.2) is 9.97 Å². The number of nitrogens with zero attached hydrogens (tertiary/aromatic N) is 2. The highest BCUT2D eigenvalue weighted by Gasteiger charge is 2.21. The van der Waals surface area contributed by atoms with Gasteiger partial charge in [0, 0.05) is 41.3 Å². The van der Waals surface area contributed by atoms with Crippen LogP contribution in [0, 0.1) is 0 Å². The van der Waals surface area contributed by atoms with Crippen molar-refractivity contribution in [1.82, 2.24) is 9.97 Å². The van der Waals surface area contributed by atoms with Gasteiger partial charge in [-0.25, -0.2) is 9.97 Å². The van der Waals surface area contributed by atoms with Crippen molar-refractivity contribution >= 4 is 97.0 Å². The maximum atomic E-state index is 13.5. The molecule has 36 heavy (non-hydrogen) atoms. The molecular weight excluding hydrogens is 588 g/mol. The van der Waals surface area contributed by atoms with Gasteiger partial charge in [-0.1, -0.05) is 48.5 Å². The van der Waals surface area contributed by atoms with Crippen molar-refractivity contribution in [3.05, 3.63) is 111 Å². The van der Waals surface area contributed by atoms with Gasteiger partial charge < -0.3 is 0 Å². The summed E-state index contributed by atoms with van der Waals surface area (Å²) in [7, 11) is 0. The number of benzene rings is 6. The molecule has 170 valence electrons. The van der Waals surface area contributed by atoms with E-state index in [4.69, 9.17) is 9.97 Å². The Morgan fingerprint density at radius 3 is 1.14 bits per heavy atom. The number of halogens is 2. The zero-order valence-electron chi connectivity index (χ0n) is 18.1. The highest BCUT2D eigenvalue weighted by molar-refractivity contribution is 9.11. The summed E-state index contributed by atoms with van der Waals surface area (Å²) >= 11 is 6.97. The fraction of sp³-hybridized carbons (Fsp3) is 0. The van der Waals surface area contributed by atoms with Gasteiger partial charge in [0.15, 0.2) is 21.7 Å². The summed E-state index contributed by atoms with van der Waals surface area (Å²) in [6.07, 6.45) is 0. The average molecular weight is 598 g/mol. The minimum atomic E-state index is -0.319. The molecule has 0 aliphatic rings. The van der Waals surface area contributed by atoms with Crippen LogP contribution in [0.5, 0.6) is 0 Å². The molecule has 0 spiro atoms. The summed E-state index contributed by atoms with van der Waals surface area (Å²) in [6.45, 7) is 0. The number of aromatic nitrogens is 2. The van der Waals surface area contributed by atoms with Crippen LogP contribution in [0.4, 0.5) is 0 Å². The molecule has 0 radical (unpaired) electrons. The second-order valence-electron chi connectivity index (χ2n) is 8.59. The first kappa shape index (κ1) is 21.4. The summed E-state index contributed by atoms with van der Waals surface area (Å²) in [5.74, 6) is 0. The van der Waals surface area contributed by atoms with Gasteiger partial charge in [-0.05, 0) is 44.0 Å². The van der Waals surface area contributed by atoms with E-state index in [1.54, 1.807) is 60.7 Å². The van der Waals surface area contributed by atoms with Crippen molar-refractivity contribution in [2.75, 3.05) is 0 Å². The molecule has 0 atom stereocenters. The van der Waals surface area contributed by atoms with Crippen LogP contribution in [0.15, 0.2) is 88.8 Å². The van der Waals surface area contributed by atoms with Crippen molar-refractivity contribution < 1.29 is 0 Å². The van der Waals surface area contributed by atoms with Crippen molar-refractivity contribution in [2.45, 2.75) is 0 Å². The summed E-state index contributed by atoms with van der Waals surface area (Å²) < 4.78 is 0.907. The predicted molar refractivity (Wildman–Crippen MR) is 150 cm³/mol. The maximum Gasteiger partial charge on any atom is 0.196 e. The van der Waals surface area contributed by atoms with Crippen LogP contribution < -0.4 is 21.7 Å². The lowest BCUT2D eigenvalue weighted by molar-refractivity contribution is 1.40. The predicted octanol–water partition coefficient (Wildman–Crippen LogP) is 5.24. The fourth-order valence-corrected chi connectivity index (χ4v) is 6.05. The molecule has 0 N–H and O–H groups in total. The number of rotatable bonds is 0. The summed E-state index contributed by atoms with van der Waals surface area (Å²) in [5.41, 5.74) is -0.0486. The Morgan fingerprint density at radius 2 is 0.778 bits per heavy atom. The van der Waals surface area contributed by atoms with Gasteiger partial charge >= 0.3 is 0 Å². The zero-order chi connectivity index (χ0) is 24.9. The van der Waals surface area contributed by atoms with Crippen LogP contribution >= 0.6 is 31.9 Å². The van der Waals surface area contributed by atoms with Gasteiger partial charge in [0.05, 0.1) is 10.8 Å². The smallest absolute Gasteiger partial charge is 0.196 e. The SMILES string of the molecule is O=c1c2ccccc2c(=O)c2c1cc(Br)c1nc3c(nc12)c(Br)cc1c(=O)c2ccccc2c(=O)c13. The first-order chi connectivity index (χ1) is 17.4. The van der Waals surface area contributed by atoms with E-state index >= 15 is 0 Å². The largest absolute Gasteiger partial charge is 0.289 e. The molecule has 6 aromatic carbocycles. The summed E-state index contributed by atoms with van der Waals surface area (Å²) in [6, 6.07) is 16.5. The standard InChI is InChI=1S/C28H10Br2N2O4/c29-17-9-15-19(27(35)13-7-3-1-5-11(13)25(15)33)23-21(17)32-24-20-16(10-18(30)22(24)31-23)26(34)12-6-2-4-8-14(12)28(20)36/h1-10H. The van der Waals surface area contributed by atoms with Crippen molar-refractivity contribution in [2.24, 2.45) is 0 Å². The summed E-state index contributed by atoms with van der Waals surface area (Å²) in [5, 5.41) is 2.11. The van der Waals surface area contributed by atoms with Gasteiger partial charge in [-0.15, -0.1) is 0 Å². The molecular formula is C28H10Br2N2O4. The molecule has 0 aliphatic heterocycles. The molecule has 7 aromatic rings. The molecule has 8 heteroatoms. The van der Waals surface area contributed by atoms with Crippen LogP contribution in [0.3, 0.4) is 0 Å². The summed E-state index contributed by atoms with van der Waals surface area (Å²) in [4.78, 5) is 63.1. The minimum Gasteiger partial charge on any atom is -0.289 e. The quantitative estimate of drug-likeness (QED) is 0.175. The highest BCUT2D eigenvalue weighted by Crippen LogP contribution is 2.34. The van der Waals surface area contributed by atoms with Crippen molar-refractivity contribution in [3.8, 4) is 0 Å². The Hall–Kier alpha value is -3.88. The van der Waals surface area contributed by atoms with Gasteiger partial charge in [-0.3, -0.25) is 19.2 Å². The van der Waals surface area contributed by atoms with E-state index in [-0.39, 0.29) is 54.3 Å². The molecule has 0 aliphatic carbocycles. The van der Waals surface area contributed by atoms with Gasteiger partial charge in [0.25, 0.3) is 0 Å². The van der Waals surface area contributed by atoms with E-state index in [1.807, 2.05) is 0 Å². The Labute approximate surface area is 216 Å². The van der Waals surface area contributed by atoms with Crippen molar-refractivity contribution in [1.29, 1.82) is 0 Å². The highest BCUT2D eigenvalue weighted by atomic mass is 79.9. The van der Waals surface area contributed by atoms with E-state index in [0.29, 0.717) is 41.5 Å². The van der Waals surface area contributed by atoms with E-state index < -0.39 is 0 Å². The molecule has 0 unspecified atom stereocenters. The minimum absolute atomic E-state index is 0.170. The van der Waals surface area contributed by atoms with Crippen LogP contribution in [0.1, 0.15) is 0 Å². The van der Waals surface area contributed by atoms with Gasteiger partial charge in [0.2, 0.25) is 0 Å². The number of fused-ring (bicyclic) bond motifs is 8. The molecule has 0 saturated carbocycles. The second-order valence-corrected chi connectivity index (χ2v) is 10.3.